The van der Waals surface area contributed by atoms with E-state index in [-0.39, 0.29) is 5.75 Å². The van der Waals surface area contributed by atoms with E-state index in [1.165, 1.54) is 0 Å². The Morgan fingerprint density at radius 3 is 2.57 bits per heavy atom. The van der Waals surface area contributed by atoms with Crippen LogP contribution in [0, 0.1) is 5.92 Å². The highest BCUT2D eigenvalue weighted by Crippen LogP contribution is 2.09. The third-order valence-electron chi connectivity index (χ3n) is 3.45. The number of rotatable bonds is 10. The fourth-order valence-electron chi connectivity index (χ4n) is 1.92. The normalized spacial score (nSPS) is 13.3. The van der Waals surface area contributed by atoms with Crippen LogP contribution in [0.2, 0.25) is 0 Å². The first kappa shape index (κ1) is 18.1. The predicted octanol–water partition coefficient (Wildman–Crippen LogP) is 2.65. The van der Waals surface area contributed by atoms with E-state index in [0.717, 1.165) is 37.1 Å². The first-order valence-corrected chi connectivity index (χ1v) is 9.38. The zero-order chi connectivity index (χ0) is 15.7. The van der Waals surface area contributed by atoms with E-state index in [1.807, 2.05) is 31.2 Å². The Morgan fingerprint density at radius 1 is 1.19 bits per heavy atom. The van der Waals surface area contributed by atoms with Crippen LogP contribution in [0.25, 0.3) is 0 Å². The van der Waals surface area contributed by atoms with Crippen molar-refractivity contribution in [3.8, 4) is 0 Å². The lowest BCUT2D eigenvalue weighted by molar-refractivity contribution is 0.528. The second kappa shape index (κ2) is 9.18. The highest BCUT2D eigenvalue weighted by molar-refractivity contribution is 7.88. The van der Waals surface area contributed by atoms with Crippen molar-refractivity contribution in [1.82, 2.24) is 10.0 Å². The van der Waals surface area contributed by atoms with E-state index < -0.39 is 10.0 Å². The third kappa shape index (κ3) is 7.60. The van der Waals surface area contributed by atoms with Gasteiger partial charge in [0.2, 0.25) is 10.0 Å². The maximum absolute atomic E-state index is 12.1. The summed E-state index contributed by atoms with van der Waals surface area (Å²) in [5, 5.41) is 3.32. The first-order chi connectivity index (χ1) is 9.96. The van der Waals surface area contributed by atoms with Crippen molar-refractivity contribution in [2.45, 2.75) is 45.9 Å². The zero-order valence-electron chi connectivity index (χ0n) is 13.4. The smallest absolute Gasteiger partial charge is 0.215 e. The summed E-state index contributed by atoms with van der Waals surface area (Å²) in [6.45, 7) is 8.49. The fourth-order valence-corrected chi connectivity index (χ4v) is 3.18. The van der Waals surface area contributed by atoms with Crippen molar-refractivity contribution in [3.05, 3.63) is 35.4 Å². The summed E-state index contributed by atoms with van der Waals surface area (Å²) in [5.41, 5.74) is 1.96. The van der Waals surface area contributed by atoms with Gasteiger partial charge in [0.15, 0.2) is 0 Å². The van der Waals surface area contributed by atoms with Crippen LogP contribution in [0.4, 0.5) is 0 Å². The number of hydrogen-bond acceptors (Lipinski definition) is 3. The molecular weight excluding hydrogens is 284 g/mol. The molecule has 4 nitrogen and oxygen atoms in total. The third-order valence-corrected chi connectivity index (χ3v) is 4.77. The summed E-state index contributed by atoms with van der Waals surface area (Å²) in [7, 11) is -3.25. The Bertz CT molecular complexity index is 515. The molecule has 0 radical (unpaired) electrons. The van der Waals surface area contributed by atoms with Gasteiger partial charge in [-0.1, -0.05) is 51.5 Å². The van der Waals surface area contributed by atoms with E-state index >= 15 is 0 Å². The Morgan fingerprint density at radius 2 is 1.90 bits per heavy atom. The average molecular weight is 312 g/mol. The Labute approximate surface area is 129 Å². The molecule has 0 amide bonds. The monoisotopic (exact) mass is 312 g/mol. The van der Waals surface area contributed by atoms with Gasteiger partial charge < -0.3 is 5.32 Å². The highest BCUT2D eigenvalue weighted by atomic mass is 32.2. The molecule has 5 heteroatoms. The number of nitrogens with one attached hydrogen (secondary N) is 2. The van der Waals surface area contributed by atoms with Crippen molar-refractivity contribution in [1.29, 1.82) is 0 Å². The molecule has 0 spiro atoms. The van der Waals surface area contributed by atoms with Crippen LogP contribution >= 0.6 is 0 Å². The number of sulfonamides is 1. The molecule has 21 heavy (non-hydrogen) atoms. The first-order valence-electron chi connectivity index (χ1n) is 7.72. The summed E-state index contributed by atoms with van der Waals surface area (Å²) >= 11 is 0. The Hall–Kier alpha value is -0.910. The van der Waals surface area contributed by atoms with Crippen molar-refractivity contribution >= 4 is 10.0 Å². The molecule has 1 atom stereocenters. The van der Waals surface area contributed by atoms with Crippen molar-refractivity contribution in [3.63, 3.8) is 0 Å². The van der Waals surface area contributed by atoms with E-state index in [4.69, 9.17) is 0 Å². The Kier molecular flexibility index (Phi) is 7.93. The molecule has 0 heterocycles. The van der Waals surface area contributed by atoms with E-state index in [2.05, 4.69) is 23.9 Å². The van der Waals surface area contributed by atoms with Crippen molar-refractivity contribution in [2.75, 3.05) is 13.1 Å². The number of benzene rings is 1. The van der Waals surface area contributed by atoms with Gasteiger partial charge in [0.05, 0.1) is 5.75 Å². The minimum Gasteiger partial charge on any atom is -0.313 e. The van der Waals surface area contributed by atoms with Gasteiger partial charge in [0, 0.05) is 13.1 Å². The van der Waals surface area contributed by atoms with Crippen LogP contribution in [0.3, 0.4) is 0 Å². The van der Waals surface area contributed by atoms with Gasteiger partial charge in [-0.15, -0.1) is 0 Å². The SMILES string of the molecule is CCCNCc1cccc(CS(=O)(=O)NCC(C)CC)c1. The van der Waals surface area contributed by atoms with Crippen LogP contribution in [0.1, 0.15) is 44.7 Å². The molecule has 1 unspecified atom stereocenters. The second-order valence-corrected chi connectivity index (χ2v) is 7.42. The van der Waals surface area contributed by atoms with Crippen molar-refractivity contribution in [2.24, 2.45) is 5.92 Å². The summed E-state index contributed by atoms with van der Waals surface area (Å²) in [5.74, 6) is 0.412. The molecule has 120 valence electrons. The molecular formula is C16H28N2O2S. The van der Waals surface area contributed by atoms with Gasteiger partial charge in [-0.3, -0.25) is 0 Å². The van der Waals surface area contributed by atoms with Gasteiger partial charge in [-0.25, -0.2) is 13.1 Å². The maximum Gasteiger partial charge on any atom is 0.215 e. The van der Waals surface area contributed by atoms with E-state index in [9.17, 15) is 8.42 Å². The molecule has 0 saturated carbocycles. The largest absolute Gasteiger partial charge is 0.313 e. The van der Waals surface area contributed by atoms with Gasteiger partial charge >= 0.3 is 0 Å². The van der Waals surface area contributed by atoms with Gasteiger partial charge in [-0.2, -0.15) is 0 Å². The molecule has 1 aromatic carbocycles. The zero-order valence-corrected chi connectivity index (χ0v) is 14.2. The summed E-state index contributed by atoms with van der Waals surface area (Å²) < 4.78 is 26.8. The van der Waals surface area contributed by atoms with Crippen LogP contribution in [-0.2, 0) is 22.3 Å². The van der Waals surface area contributed by atoms with Crippen LogP contribution in [-0.4, -0.2) is 21.5 Å². The molecule has 0 aliphatic heterocycles. The summed E-state index contributed by atoms with van der Waals surface area (Å²) in [6.07, 6.45) is 2.06. The molecule has 0 fully saturated rings. The molecule has 0 saturated heterocycles. The molecule has 0 aliphatic rings. The molecule has 0 aromatic heterocycles. The summed E-state index contributed by atoms with van der Waals surface area (Å²) in [6, 6.07) is 7.77. The minimum atomic E-state index is -3.25. The lowest BCUT2D eigenvalue weighted by Gasteiger charge is -2.11. The quantitative estimate of drug-likeness (QED) is 0.653. The predicted molar refractivity (Wildman–Crippen MR) is 88.5 cm³/mol. The van der Waals surface area contributed by atoms with Gasteiger partial charge in [-0.05, 0) is 30.0 Å². The molecule has 1 aromatic rings. The fraction of sp³-hybridized carbons (Fsp3) is 0.625. The lowest BCUT2D eigenvalue weighted by Crippen LogP contribution is -2.29. The molecule has 0 aliphatic carbocycles. The maximum atomic E-state index is 12.1. The van der Waals surface area contributed by atoms with Crippen LogP contribution in [0.15, 0.2) is 24.3 Å². The van der Waals surface area contributed by atoms with Crippen LogP contribution in [0.5, 0.6) is 0 Å². The molecule has 1 rings (SSSR count). The van der Waals surface area contributed by atoms with E-state index in [0.29, 0.717) is 12.5 Å². The molecule has 2 N–H and O–H groups in total. The second-order valence-electron chi connectivity index (χ2n) is 5.62. The topological polar surface area (TPSA) is 58.2 Å². The van der Waals surface area contributed by atoms with Gasteiger partial charge in [0.25, 0.3) is 0 Å². The van der Waals surface area contributed by atoms with E-state index in [1.54, 1.807) is 0 Å². The number of hydrogen-bond donors (Lipinski definition) is 2. The highest BCUT2D eigenvalue weighted by Gasteiger charge is 2.12. The average Bonchev–Trinajstić information content (AvgIpc) is 2.45. The summed E-state index contributed by atoms with van der Waals surface area (Å²) in [4.78, 5) is 0. The van der Waals surface area contributed by atoms with Gasteiger partial charge in [0.1, 0.15) is 0 Å². The lowest BCUT2D eigenvalue weighted by atomic mass is 10.1. The van der Waals surface area contributed by atoms with Crippen molar-refractivity contribution < 1.29 is 8.42 Å². The molecule has 0 bridgehead atoms. The standard InChI is InChI=1S/C16H28N2O2S/c1-4-9-17-12-15-7-6-8-16(10-15)13-21(19,20)18-11-14(3)5-2/h6-8,10,14,17-18H,4-5,9,11-13H2,1-3H3. The Balaban J connectivity index is 2.58. The van der Waals surface area contributed by atoms with Crippen LogP contribution < -0.4 is 10.0 Å². The minimum absolute atomic E-state index is 0.0467.